The number of nitrogens with one attached hydrogen (secondary N) is 1. The molecule has 3 aromatic heterocycles. The molecule has 5 rings (SSSR count). The van der Waals surface area contributed by atoms with E-state index in [4.69, 9.17) is 0 Å². The minimum atomic E-state index is -0.143. The summed E-state index contributed by atoms with van der Waals surface area (Å²) in [6, 6.07) is 22.2. The summed E-state index contributed by atoms with van der Waals surface area (Å²) in [6.07, 6.45) is 2.10. The van der Waals surface area contributed by atoms with Gasteiger partial charge >= 0.3 is 0 Å². The molecule has 0 spiro atoms. The lowest BCUT2D eigenvalue weighted by molar-refractivity contribution is 0.102. The van der Waals surface area contributed by atoms with Crippen LogP contribution in [0.1, 0.15) is 15.9 Å². The first-order valence-electron chi connectivity index (χ1n) is 9.20. The van der Waals surface area contributed by atoms with E-state index in [1.807, 2.05) is 53.2 Å². The van der Waals surface area contributed by atoms with E-state index in [2.05, 4.69) is 45.3 Å². The number of aromatic nitrogens is 2. The van der Waals surface area contributed by atoms with Gasteiger partial charge in [-0.1, -0.05) is 36.4 Å². The van der Waals surface area contributed by atoms with Gasteiger partial charge in [-0.15, -0.1) is 22.7 Å². The number of para-hydroxylation sites is 1. The highest BCUT2D eigenvalue weighted by Gasteiger charge is 2.11. The van der Waals surface area contributed by atoms with Crippen molar-refractivity contribution in [3.63, 3.8) is 0 Å². The van der Waals surface area contributed by atoms with Crippen molar-refractivity contribution < 1.29 is 4.79 Å². The van der Waals surface area contributed by atoms with Gasteiger partial charge in [0.2, 0.25) is 0 Å². The number of hydrogen-bond acceptors (Lipinski definition) is 4. The first-order valence-corrected chi connectivity index (χ1v) is 11.0. The Bertz CT molecular complexity index is 1270. The second kappa shape index (κ2) is 7.66. The van der Waals surface area contributed by atoms with Gasteiger partial charge in [0, 0.05) is 29.2 Å². The molecule has 29 heavy (non-hydrogen) atoms. The average Bonchev–Trinajstić information content (AvgIpc) is 3.50. The van der Waals surface area contributed by atoms with Crippen LogP contribution in [0.4, 0.5) is 5.13 Å². The number of carbonyl (C=O) groups is 1. The summed E-state index contributed by atoms with van der Waals surface area (Å²) in [6.45, 7) is 0.770. The van der Waals surface area contributed by atoms with Crippen molar-refractivity contribution in [1.29, 1.82) is 0 Å². The first-order chi connectivity index (χ1) is 14.3. The van der Waals surface area contributed by atoms with Gasteiger partial charge < -0.3 is 4.57 Å². The third-order valence-electron chi connectivity index (χ3n) is 4.75. The standard InChI is InChI=1S/C23H17N3OS2/c27-22(25-23-24-19(15-29-23)21-6-3-13-28-21)18-9-7-16(8-10-18)14-26-12-11-17-4-1-2-5-20(17)26/h1-13,15H,14H2,(H,24,25,27). The maximum absolute atomic E-state index is 12.6. The Morgan fingerprint density at radius 3 is 2.66 bits per heavy atom. The Morgan fingerprint density at radius 1 is 0.966 bits per heavy atom. The zero-order valence-corrected chi connectivity index (χ0v) is 17.0. The molecule has 0 fully saturated rings. The lowest BCUT2D eigenvalue weighted by Gasteiger charge is -2.07. The van der Waals surface area contributed by atoms with Gasteiger partial charge in [-0.25, -0.2) is 4.98 Å². The molecule has 0 aliphatic carbocycles. The first kappa shape index (κ1) is 17.8. The number of benzene rings is 2. The summed E-state index contributed by atoms with van der Waals surface area (Å²) >= 11 is 3.08. The van der Waals surface area contributed by atoms with Gasteiger partial charge in [-0.05, 0) is 46.7 Å². The number of nitrogens with zero attached hydrogens (tertiary/aromatic N) is 2. The van der Waals surface area contributed by atoms with Gasteiger partial charge in [0.15, 0.2) is 5.13 Å². The maximum Gasteiger partial charge on any atom is 0.257 e. The average molecular weight is 416 g/mol. The number of rotatable bonds is 5. The van der Waals surface area contributed by atoms with E-state index in [0.29, 0.717) is 10.7 Å². The Kier molecular flexibility index (Phi) is 4.71. The van der Waals surface area contributed by atoms with E-state index in [0.717, 1.165) is 22.7 Å². The molecular formula is C23H17N3OS2. The van der Waals surface area contributed by atoms with Crippen LogP contribution in [0.15, 0.2) is 83.7 Å². The van der Waals surface area contributed by atoms with Crippen molar-refractivity contribution >= 4 is 44.6 Å². The van der Waals surface area contributed by atoms with Crippen LogP contribution in [0.25, 0.3) is 21.5 Å². The molecule has 3 heterocycles. The highest BCUT2D eigenvalue weighted by atomic mass is 32.1. The molecule has 2 aromatic carbocycles. The Balaban J connectivity index is 1.28. The molecule has 0 saturated carbocycles. The number of anilines is 1. The summed E-state index contributed by atoms with van der Waals surface area (Å²) in [5, 5.41) is 8.72. The maximum atomic E-state index is 12.6. The van der Waals surface area contributed by atoms with Gasteiger partial charge in [0.1, 0.15) is 0 Å². The Morgan fingerprint density at radius 2 is 1.83 bits per heavy atom. The van der Waals surface area contributed by atoms with Gasteiger partial charge in [-0.2, -0.15) is 0 Å². The third-order valence-corrected chi connectivity index (χ3v) is 6.40. The molecule has 6 heteroatoms. The number of amides is 1. The molecule has 0 bridgehead atoms. The summed E-state index contributed by atoms with van der Waals surface area (Å²) in [5.74, 6) is -0.143. The van der Waals surface area contributed by atoms with Crippen molar-refractivity contribution in [2.75, 3.05) is 5.32 Å². The molecular weight excluding hydrogens is 398 g/mol. The quantitative estimate of drug-likeness (QED) is 0.375. The number of hydrogen-bond donors (Lipinski definition) is 1. The van der Waals surface area contributed by atoms with Crippen molar-refractivity contribution in [1.82, 2.24) is 9.55 Å². The predicted molar refractivity (Wildman–Crippen MR) is 121 cm³/mol. The monoisotopic (exact) mass is 415 g/mol. The van der Waals surface area contributed by atoms with E-state index < -0.39 is 0 Å². The van der Waals surface area contributed by atoms with E-state index in [1.54, 1.807) is 11.3 Å². The molecule has 0 radical (unpaired) electrons. The van der Waals surface area contributed by atoms with Crippen molar-refractivity contribution in [3.8, 4) is 10.6 Å². The largest absolute Gasteiger partial charge is 0.343 e. The molecule has 4 nitrogen and oxygen atoms in total. The smallest absolute Gasteiger partial charge is 0.257 e. The number of fused-ring (bicyclic) bond motifs is 1. The summed E-state index contributed by atoms with van der Waals surface area (Å²) in [7, 11) is 0. The summed E-state index contributed by atoms with van der Waals surface area (Å²) in [5.41, 5.74) is 3.88. The summed E-state index contributed by atoms with van der Waals surface area (Å²) < 4.78 is 2.21. The number of thiophene rings is 1. The van der Waals surface area contributed by atoms with Crippen LogP contribution in [0.2, 0.25) is 0 Å². The number of carbonyl (C=O) groups excluding carboxylic acids is 1. The van der Waals surface area contributed by atoms with Gasteiger partial charge in [-0.3, -0.25) is 10.1 Å². The van der Waals surface area contributed by atoms with Gasteiger partial charge in [0.25, 0.3) is 5.91 Å². The van der Waals surface area contributed by atoms with E-state index in [9.17, 15) is 4.79 Å². The van der Waals surface area contributed by atoms with Crippen LogP contribution in [-0.2, 0) is 6.54 Å². The fourth-order valence-corrected chi connectivity index (χ4v) is 4.74. The zero-order valence-electron chi connectivity index (χ0n) is 15.4. The molecule has 0 aliphatic heterocycles. The van der Waals surface area contributed by atoms with Crippen molar-refractivity contribution in [3.05, 3.63) is 94.8 Å². The van der Waals surface area contributed by atoms with Crippen molar-refractivity contribution in [2.24, 2.45) is 0 Å². The SMILES string of the molecule is O=C(Nc1nc(-c2cccs2)cs1)c1ccc(Cn2ccc3ccccc32)cc1. The molecule has 1 N–H and O–H groups in total. The molecule has 0 saturated heterocycles. The third kappa shape index (κ3) is 3.72. The second-order valence-corrected chi connectivity index (χ2v) is 8.47. The molecule has 0 unspecified atom stereocenters. The molecule has 142 valence electrons. The molecule has 5 aromatic rings. The minimum Gasteiger partial charge on any atom is -0.343 e. The van der Waals surface area contributed by atoms with Crippen LogP contribution in [0.5, 0.6) is 0 Å². The highest BCUT2D eigenvalue weighted by molar-refractivity contribution is 7.16. The topological polar surface area (TPSA) is 46.9 Å². The molecule has 0 atom stereocenters. The van der Waals surface area contributed by atoms with Crippen LogP contribution in [0, 0.1) is 0 Å². The van der Waals surface area contributed by atoms with Crippen LogP contribution >= 0.6 is 22.7 Å². The van der Waals surface area contributed by atoms with Crippen LogP contribution in [0.3, 0.4) is 0 Å². The van der Waals surface area contributed by atoms with Gasteiger partial charge in [0.05, 0.1) is 10.6 Å². The van der Waals surface area contributed by atoms with Crippen LogP contribution in [-0.4, -0.2) is 15.5 Å². The zero-order chi connectivity index (χ0) is 19.6. The fourth-order valence-electron chi connectivity index (χ4n) is 3.27. The van der Waals surface area contributed by atoms with E-state index in [1.165, 1.54) is 22.2 Å². The Labute approximate surface area is 176 Å². The second-order valence-electron chi connectivity index (χ2n) is 6.67. The summed E-state index contributed by atoms with van der Waals surface area (Å²) in [4.78, 5) is 18.2. The highest BCUT2D eigenvalue weighted by Crippen LogP contribution is 2.28. The molecule has 0 aliphatic rings. The van der Waals surface area contributed by atoms with E-state index >= 15 is 0 Å². The van der Waals surface area contributed by atoms with E-state index in [-0.39, 0.29) is 5.91 Å². The normalized spacial score (nSPS) is 11.0. The fraction of sp³-hybridized carbons (Fsp3) is 0.0435. The number of thiazole rings is 1. The Hall–Kier alpha value is -3.22. The van der Waals surface area contributed by atoms with Crippen molar-refractivity contribution in [2.45, 2.75) is 6.54 Å². The predicted octanol–water partition coefficient (Wildman–Crippen LogP) is 6.13. The lowest BCUT2D eigenvalue weighted by atomic mass is 10.1. The lowest BCUT2D eigenvalue weighted by Crippen LogP contribution is -2.11. The minimum absolute atomic E-state index is 0.143. The van der Waals surface area contributed by atoms with Crippen LogP contribution < -0.4 is 5.32 Å². The molecule has 1 amide bonds.